The molecule has 9 heteroatoms. The molecule has 2 aromatic carbocycles. The average molecular weight is 475 g/mol. The van der Waals surface area contributed by atoms with Gasteiger partial charge in [-0.2, -0.15) is 0 Å². The summed E-state index contributed by atoms with van der Waals surface area (Å²) in [6.45, 7) is 3.80. The standard InChI is InChI=1S/C26H26N4O5/c1-4-21(31)34-35-26(33)22-23(28-20-16-27-15-18-13-9-10-14-19(18)20)25(32)30(5-2)29(3)24(22)17-11-7-6-8-12-17/h6-16,24,28H,4-5H2,1-3H3. The van der Waals surface area contributed by atoms with E-state index >= 15 is 0 Å². The number of amides is 1. The van der Waals surface area contributed by atoms with Crippen molar-refractivity contribution in [1.82, 2.24) is 15.0 Å². The number of nitrogens with zero attached hydrogens (tertiary/aromatic N) is 3. The molecule has 4 rings (SSSR count). The summed E-state index contributed by atoms with van der Waals surface area (Å²) >= 11 is 0. The number of pyridine rings is 1. The molecule has 1 aliphatic heterocycles. The first-order chi connectivity index (χ1) is 17.0. The second kappa shape index (κ2) is 10.4. The van der Waals surface area contributed by atoms with Crippen molar-refractivity contribution in [2.24, 2.45) is 0 Å². The highest BCUT2D eigenvalue weighted by atomic mass is 17.2. The molecule has 0 fully saturated rings. The number of aromatic nitrogens is 1. The van der Waals surface area contributed by atoms with Crippen LogP contribution in [-0.2, 0) is 24.2 Å². The highest BCUT2D eigenvalue weighted by molar-refractivity contribution is 6.08. The largest absolute Gasteiger partial charge is 0.386 e. The van der Waals surface area contributed by atoms with Crippen molar-refractivity contribution in [3.05, 3.63) is 83.8 Å². The van der Waals surface area contributed by atoms with Crippen molar-refractivity contribution in [3.8, 4) is 0 Å². The molecule has 0 aliphatic carbocycles. The van der Waals surface area contributed by atoms with E-state index in [-0.39, 0.29) is 17.7 Å². The summed E-state index contributed by atoms with van der Waals surface area (Å²) in [7, 11) is 1.72. The Morgan fingerprint density at radius 2 is 1.71 bits per heavy atom. The summed E-state index contributed by atoms with van der Waals surface area (Å²) in [4.78, 5) is 52.5. The van der Waals surface area contributed by atoms with Gasteiger partial charge in [0.1, 0.15) is 5.70 Å². The van der Waals surface area contributed by atoms with Crippen LogP contribution in [0.1, 0.15) is 31.9 Å². The Labute approximate surface area is 202 Å². The Hall–Kier alpha value is -4.24. The number of rotatable bonds is 6. The van der Waals surface area contributed by atoms with Gasteiger partial charge in [-0.3, -0.25) is 14.8 Å². The number of hydrogen-bond acceptors (Lipinski definition) is 8. The normalized spacial score (nSPS) is 16.4. The minimum Gasteiger partial charge on any atom is -0.349 e. The molecule has 1 atom stereocenters. The van der Waals surface area contributed by atoms with Gasteiger partial charge in [-0.1, -0.05) is 61.5 Å². The average Bonchev–Trinajstić information content (AvgIpc) is 2.89. The third-order valence-corrected chi connectivity index (χ3v) is 5.81. The zero-order valence-corrected chi connectivity index (χ0v) is 19.7. The van der Waals surface area contributed by atoms with E-state index in [1.54, 1.807) is 31.4 Å². The zero-order chi connectivity index (χ0) is 24.9. The number of carbonyl (C=O) groups is 3. The van der Waals surface area contributed by atoms with Crippen LogP contribution < -0.4 is 5.32 Å². The van der Waals surface area contributed by atoms with Gasteiger partial charge in [-0.05, 0) is 12.5 Å². The van der Waals surface area contributed by atoms with Gasteiger partial charge in [-0.25, -0.2) is 24.4 Å². The summed E-state index contributed by atoms with van der Waals surface area (Å²) in [5.41, 5.74) is 1.35. The van der Waals surface area contributed by atoms with Crippen molar-refractivity contribution in [2.75, 3.05) is 18.9 Å². The monoisotopic (exact) mass is 474 g/mol. The Kier molecular flexibility index (Phi) is 7.07. The molecule has 2 heterocycles. The summed E-state index contributed by atoms with van der Waals surface area (Å²) in [6.07, 6.45) is 3.34. The van der Waals surface area contributed by atoms with E-state index < -0.39 is 23.9 Å². The Bertz CT molecular complexity index is 1290. The minimum absolute atomic E-state index is 0.0187. The van der Waals surface area contributed by atoms with Gasteiger partial charge in [0.15, 0.2) is 0 Å². The summed E-state index contributed by atoms with van der Waals surface area (Å²) < 4.78 is 0. The highest BCUT2D eigenvalue weighted by Gasteiger charge is 2.43. The molecule has 1 unspecified atom stereocenters. The van der Waals surface area contributed by atoms with E-state index in [2.05, 4.69) is 15.2 Å². The molecule has 0 bridgehead atoms. The van der Waals surface area contributed by atoms with E-state index in [0.29, 0.717) is 12.2 Å². The van der Waals surface area contributed by atoms with Crippen LogP contribution in [0.4, 0.5) is 5.69 Å². The third-order valence-electron chi connectivity index (χ3n) is 5.81. The second-order valence-electron chi connectivity index (χ2n) is 7.91. The van der Waals surface area contributed by atoms with Gasteiger partial charge in [-0.15, -0.1) is 0 Å². The molecule has 9 nitrogen and oxygen atoms in total. The lowest BCUT2D eigenvalue weighted by Crippen LogP contribution is -2.53. The predicted octanol–water partition coefficient (Wildman–Crippen LogP) is 3.76. The Balaban J connectivity index is 1.89. The first-order valence-corrected chi connectivity index (χ1v) is 11.3. The van der Waals surface area contributed by atoms with Crippen molar-refractivity contribution < 1.29 is 24.2 Å². The molecular weight excluding hydrogens is 448 g/mol. The van der Waals surface area contributed by atoms with Gasteiger partial charge < -0.3 is 5.32 Å². The second-order valence-corrected chi connectivity index (χ2v) is 7.91. The van der Waals surface area contributed by atoms with Crippen molar-refractivity contribution >= 4 is 34.3 Å². The number of hydrogen-bond donors (Lipinski definition) is 1. The Morgan fingerprint density at radius 3 is 2.43 bits per heavy atom. The number of anilines is 1. The fourth-order valence-electron chi connectivity index (χ4n) is 4.11. The van der Waals surface area contributed by atoms with Gasteiger partial charge in [0.2, 0.25) is 0 Å². The first-order valence-electron chi connectivity index (χ1n) is 11.3. The Morgan fingerprint density at radius 1 is 1.00 bits per heavy atom. The summed E-state index contributed by atoms with van der Waals surface area (Å²) in [5, 5.41) is 8.06. The van der Waals surface area contributed by atoms with Crippen LogP contribution in [0.2, 0.25) is 0 Å². The fourth-order valence-corrected chi connectivity index (χ4v) is 4.11. The molecule has 0 saturated carbocycles. The van der Waals surface area contributed by atoms with Crippen molar-refractivity contribution in [2.45, 2.75) is 26.3 Å². The lowest BCUT2D eigenvalue weighted by atomic mass is 9.94. The van der Waals surface area contributed by atoms with Crippen molar-refractivity contribution in [1.29, 1.82) is 0 Å². The lowest BCUT2D eigenvalue weighted by Gasteiger charge is -2.42. The molecule has 0 spiro atoms. The molecular formula is C26H26N4O5. The molecule has 0 radical (unpaired) electrons. The van der Waals surface area contributed by atoms with Gasteiger partial charge in [0.05, 0.1) is 23.5 Å². The molecule has 35 heavy (non-hydrogen) atoms. The zero-order valence-electron chi connectivity index (χ0n) is 19.7. The SMILES string of the molecule is CCC(=O)OOC(=O)C1=C(Nc2cncc3ccccc23)C(=O)N(CC)N(C)C1c1ccccc1. The van der Waals surface area contributed by atoms with Crippen LogP contribution >= 0.6 is 0 Å². The van der Waals surface area contributed by atoms with Crippen molar-refractivity contribution in [3.63, 3.8) is 0 Å². The molecule has 180 valence electrons. The number of nitrogens with one attached hydrogen (secondary N) is 1. The van der Waals surface area contributed by atoms with Crippen LogP contribution in [0.25, 0.3) is 10.8 Å². The molecule has 1 N–H and O–H groups in total. The third kappa shape index (κ3) is 4.71. The first kappa shape index (κ1) is 23.9. The topological polar surface area (TPSA) is 101 Å². The van der Waals surface area contributed by atoms with Crippen LogP contribution in [0.5, 0.6) is 0 Å². The molecule has 1 amide bonds. The van der Waals surface area contributed by atoms with E-state index in [9.17, 15) is 14.4 Å². The maximum absolute atomic E-state index is 13.6. The van der Waals surface area contributed by atoms with Gasteiger partial charge in [0, 0.05) is 37.0 Å². The lowest BCUT2D eigenvalue weighted by molar-refractivity contribution is -0.256. The van der Waals surface area contributed by atoms with E-state index in [0.717, 1.165) is 16.3 Å². The van der Waals surface area contributed by atoms with E-state index in [4.69, 9.17) is 4.89 Å². The van der Waals surface area contributed by atoms with E-state index in [1.807, 2.05) is 61.5 Å². The molecule has 0 saturated heterocycles. The fraction of sp³-hybridized carbons (Fsp3) is 0.231. The van der Waals surface area contributed by atoms with Crippen LogP contribution in [0.15, 0.2) is 78.3 Å². The van der Waals surface area contributed by atoms with E-state index in [1.165, 1.54) is 5.01 Å². The van der Waals surface area contributed by atoms with Crippen LogP contribution in [0, 0.1) is 0 Å². The number of fused-ring (bicyclic) bond motifs is 1. The smallest absolute Gasteiger partial charge is 0.349 e. The number of carbonyl (C=O) groups excluding carboxylic acids is 3. The number of hydrazine groups is 1. The number of likely N-dealkylation sites (N-methyl/N-ethyl adjacent to an activating group) is 2. The van der Waals surface area contributed by atoms with Gasteiger partial charge >= 0.3 is 11.9 Å². The quantitative estimate of drug-likeness (QED) is 0.426. The summed E-state index contributed by atoms with van der Waals surface area (Å²) in [5.74, 6) is -2.06. The van der Waals surface area contributed by atoms with Crippen LogP contribution in [0.3, 0.4) is 0 Å². The van der Waals surface area contributed by atoms with Gasteiger partial charge in [0.25, 0.3) is 5.91 Å². The molecule has 1 aromatic heterocycles. The molecule has 3 aromatic rings. The maximum Gasteiger partial charge on any atom is 0.386 e. The molecule has 1 aliphatic rings. The summed E-state index contributed by atoms with van der Waals surface area (Å²) in [6, 6.07) is 16.1. The van der Waals surface area contributed by atoms with Crippen LogP contribution in [-0.4, -0.2) is 46.4 Å². The highest BCUT2D eigenvalue weighted by Crippen LogP contribution is 2.37. The number of benzene rings is 2. The minimum atomic E-state index is -0.938. The predicted molar refractivity (Wildman–Crippen MR) is 129 cm³/mol. The maximum atomic E-state index is 13.6.